The molecule has 1 heterocycles. The first kappa shape index (κ1) is 19.2. The highest BCUT2D eigenvalue weighted by atomic mass is 35.5. The van der Waals surface area contributed by atoms with Gasteiger partial charge in [-0.3, -0.25) is 9.78 Å². The Labute approximate surface area is 159 Å². The van der Waals surface area contributed by atoms with Crippen LogP contribution in [-0.2, 0) is 11.2 Å². The average molecular weight is 397 g/mol. The van der Waals surface area contributed by atoms with E-state index in [-0.39, 0.29) is 11.7 Å². The summed E-state index contributed by atoms with van der Waals surface area (Å²) in [4.78, 5) is 16.5. The third-order valence-electron chi connectivity index (χ3n) is 4.06. The number of ether oxygens (including phenoxy) is 1. The predicted octanol–water partition coefficient (Wildman–Crippen LogP) is 4.49. The summed E-state index contributed by atoms with van der Waals surface area (Å²) in [6, 6.07) is 7.98. The molecule has 3 rings (SSSR count). The number of halogens is 4. The Morgan fingerprint density at radius 3 is 2.78 bits per heavy atom. The van der Waals surface area contributed by atoms with E-state index in [0.717, 1.165) is 11.1 Å². The Bertz CT molecular complexity index is 880. The molecule has 0 aliphatic heterocycles. The third kappa shape index (κ3) is 5.01. The number of nitrogens with zero attached hydrogens (tertiary/aromatic N) is 1. The van der Waals surface area contributed by atoms with Crippen LogP contribution in [0, 0.1) is 0 Å². The Kier molecular flexibility index (Phi) is 5.41. The molecule has 1 aliphatic rings. The number of rotatable bonds is 5. The van der Waals surface area contributed by atoms with Crippen molar-refractivity contribution in [3.63, 3.8) is 0 Å². The van der Waals surface area contributed by atoms with E-state index in [2.05, 4.69) is 15.0 Å². The molecule has 0 radical (unpaired) electrons. The van der Waals surface area contributed by atoms with Gasteiger partial charge in [0.1, 0.15) is 5.75 Å². The molecule has 0 saturated carbocycles. The van der Waals surface area contributed by atoms with Gasteiger partial charge in [-0.1, -0.05) is 17.7 Å². The zero-order chi connectivity index (χ0) is 19.6. The summed E-state index contributed by atoms with van der Waals surface area (Å²) in [5.74, 6) is -0.213. The molecular weight excluding hydrogens is 381 g/mol. The van der Waals surface area contributed by atoms with Gasteiger partial charge in [0.25, 0.3) is 0 Å². The number of alkyl halides is 3. The first-order valence-corrected chi connectivity index (χ1v) is 8.54. The molecule has 1 aromatic carbocycles. The van der Waals surface area contributed by atoms with Gasteiger partial charge in [0.15, 0.2) is 6.61 Å². The van der Waals surface area contributed by atoms with Gasteiger partial charge in [0, 0.05) is 17.0 Å². The van der Waals surface area contributed by atoms with Crippen LogP contribution in [0.15, 0.2) is 42.1 Å². The van der Waals surface area contributed by atoms with Gasteiger partial charge >= 0.3 is 6.18 Å². The normalized spacial score (nSPS) is 14.3. The smallest absolute Gasteiger partial charge is 0.422 e. The molecule has 0 saturated heterocycles. The number of carbonyl (C=O) groups is 1. The maximum absolute atomic E-state index is 12.5. The van der Waals surface area contributed by atoms with E-state index in [4.69, 9.17) is 11.6 Å². The number of amides is 1. The lowest BCUT2D eigenvalue weighted by molar-refractivity contribution is -0.153. The van der Waals surface area contributed by atoms with Crippen molar-refractivity contribution in [2.75, 3.05) is 6.61 Å². The number of pyridine rings is 1. The fourth-order valence-electron chi connectivity index (χ4n) is 2.71. The summed E-state index contributed by atoms with van der Waals surface area (Å²) >= 11 is 5.96. The van der Waals surface area contributed by atoms with Crippen LogP contribution < -0.4 is 10.1 Å². The van der Waals surface area contributed by atoms with Gasteiger partial charge in [0.05, 0.1) is 17.9 Å². The molecule has 142 valence electrons. The van der Waals surface area contributed by atoms with Crippen LogP contribution in [0.3, 0.4) is 0 Å². The second-order valence-corrected chi connectivity index (χ2v) is 6.64. The quantitative estimate of drug-likeness (QED) is 0.810. The average Bonchev–Trinajstić information content (AvgIpc) is 3.03. The molecule has 8 heteroatoms. The SMILES string of the molecule is C[C@@H](NC(=O)C1=Cc2cc(Cl)ccc2C1)c1ccc(OCC(F)(F)F)cn1. The van der Waals surface area contributed by atoms with Crippen molar-refractivity contribution in [3.05, 3.63) is 63.9 Å². The predicted molar refractivity (Wildman–Crippen MR) is 95.5 cm³/mol. The minimum atomic E-state index is -4.41. The van der Waals surface area contributed by atoms with E-state index in [1.165, 1.54) is 18.3 Å². The number of aromatic nitrogens is 1. The fraction of sp³-hybridized carbons (Fsp3) is 0.263. The molecule has 1 N–H and O–H groups in total. The number of nitrogens with one attached hydrogen (secondary N) is 1. The highest BCUT2D eigenvalue weighted by Gasteiger charge is 2.28. The zero-order valence-electron chi connectivity index (χ0n) is 14.3. The Hall–Kier alpha value is -2.54. The van der Waals surface area contributed by atoms with Gasteiger partial charge < -0.3 is 10.1 Å². The molecule has 1 atom stereocenters. The van der Waals surface area contributed by atoms with Crippen molar-refractivity contribution in [1.82, 2.24) is 10.3 Å². The molecule has 27 heavy (non-hydrogen) atoms. The summed E-state index contributed by atoms with van der Waals surface area (Å²) in [5, 5.41) is 3.45. The number of hydrogen-bond donors (Lipinski definition) is 1. The van der Waals surface area contributed by atoms with Crippen molar-refractivity contribution in [2.24, 2.45) is 0 Å². The maximum atomic E-state index is 12.5. The lowest BCUT2D eigenvalue weighted by Crippen LogP contribution is -2.28. The van der Waals surface area contributed by atoms with Crippen molar-refractivity contribution < 1.29 is 22.7 Å². The summed E-state index contributed by atoms with van der Waals surface area (Å²) in [6.07, 6.45) is -0.888. The van der Waals surface area contributed by atoms with E-state index in [0.29, 0.717) is 22.7 Å². The standard InChI is InChI=1S/C19H16ClF3N2O2/c1-11(17-5-4-16(9-24-17)27-10-19(21,22)23)25-18(26)14-6-12-2-3-15(20)8-13(12)7-14/h2-5,7-9,11H,6,10H2,1H3,(H,25,26)/t11-/m1/s1. The first-order valence-electron chi connectivity index (χ1n) is 8.16. The van der Waals surface area contributed by atoms with Crippen LogP contribution in [0.25, 0.3) is 6.08 Å². The molecular formula is C19H16ClF3N2O2. The van der Waals surface area contributed by atoms with Gasteiger partial charge in [-0.25, -0.2) is 0 Å². The second kappa shape index (κ2) is 7.60. The highest BCUT2D eigenvalue weighted by molar-refractivity contribution is 6.30. The number of carbonyl (C=O) groups excluding carboxylic acids is 1. The van der Waals surface area contributed by atoms with Crippen LogP contribution in [0.2, 0.25) is 5.02 Å². The molecule has 0 fully saturated rings. The molecule has 1 aliphatic carbocycles. The summed E-state index contributed by atoms with van der Waals surface area (Å²) in [7, 11) is 0. The molecule has 0 spiro atoms. The van der Waals surface area contributed by atoms with Gasteiger partial charge in [-0.15, -0.1) is 0 Å². The summed E-state index contributed by atoms with van der Waals surface area (Å²) in [6.45, 7) is 0.370. The summed E-state index contributed by atoms with van der Waals surface area (Å²) in [5.41, 5.74) is 3.08. The zero-order valence-corrected chi connectivity index (χ0v) is 15.1. The van der Waals surface area contributed by atoms with E-state index in [9.17, 15) is 18.0 Å². The van der Waals surface area contributed by atoms with Crippen molar-refractivity contribution >= 4 is 23.6 Å². The molecule has 2 aromatic rings. The van der Waals surface area contributed by atoms with Crippen molar-refractivity contribution in [3.8, 4) is 5.75 Å². The number of hydrogen-bond acceptors (Lipinski definition) is 3. The summed E-state index contributed by atoms with van der Waals surface area (Å²) < 4.78 is 41.1. The second-order valence-electron chi connectivity index (χ2n) is 6.21. The first-order chi connectivity index (χ1) is 12.7. The monoisotopic (exact) mass is 396 g/mol. The molecule has 1 amide bonds. The molecule has 0 unspecified atom stereocenters. The number of fused-ring (bicyclic) bond motifs is 1. The van der Waals surface area contributed by atoms with Crippen LogP contribution in [0.4, 0.5) is 13.2 Å². The van der Waals surface area contributed by atoms with Crippen LogP contribution in [-0.4, -0.2) is 23.7 Å². The Morgan fingerprint density at radius 2 is 2.11 bits per heavy atom. The minimum absolute atomic E-state index is 0.0143. The van der Waals surface area contributed by atoms with E-state index >= 15 is 0 Å². The maximum Gasteiger partial charge on any atom is 0.422 e. The highest BCUT2D eigenvalue weighted by Crippen LogP contribution is 2.28. The lowest BCUT2D eigenvalue weighted by Gasteiger charge is -2.15. The number of benzene rings is 1. The molecule has 1 aromatic heterocycles. The van der Waals surface area contributed by atoms with Crippen molar-refractivity contribution in [1.29, 1.82) is 0 Å². The van der Waals surface area contributed by atoms with E-state index in [1.54, 1.807) is 19.1 Å². The van der Waals surface area contributed by atoms with Gasteiger partial charge in [0.2, 0.25) is 5.91 Å². The van der Waals surface area contributed by atoms with E-state index < -0.39 is 18.8 Å². The van der Waals surface area contributed by atoms with Crippen molar-refractivity contribution in [2.45, 2.75) is 25.6 Å². The fourth-order valence-corrected chi connectivity index (χ4v) is 2.89. The Morgan fingerprint density at radius 1 is 1.33 bits per heavy atom. The largest absolute Gasteiger partial charge is 0.483 e. The van der Waals surface area contributed by atoms with Crippen LogP contribution >= 0.6 is 11.6 Å². The van der Waals surface area contributed by atoms with E-state index in [1.807, 2.05) is 12.1 Å². The third-order valence-corrected chi connectivity index (χ3v) is 4.30. The van der Waals surface area contributed by atoms with Gasteiger partial charge in [-0.05, 0) is 48.4 Å². The Balaban J connectivity index is 1.60. The van der Waals surface area contributed by atoms with Crippen LogP contribution in [0.5, 0.6) is 5.75 Å². The molecule has 4 nitrogen and oxygen atoms in total. The topological polar surface area (TPSA) is 51.2 Å². The van der Waals surface area contributed by atoms with Crippen LogP contribution in [0.1, 0.15) is 29.8 Å². The van der Waals surface area contributed by atoms with Gasteiger partial charge in [-0.2, -0.15) is 13.2 Å². The lowest BCUT2D eigenvalue weighted by atomic mass is 10.1. The minimum Gasteiger partial charge on any atom is -0.483 e. The molecule has 0 bridgehead atoms.